The molecule has 4 aromatic carbocycles. The molecule has 0 aromatic heterocycles. The first-order valence-electron chi connectivity index (χ1n) is 10.3. The molecule has 0 saturated carbocycles. The lowest BCUT2D eigenvalue weighted by atomic mass is 9.98. The van der Waals surface area contributed by atoms with Gasteiger partial charge in [-0.15, -0.1) is 0 Å². The number of carbonyl (C=O) groups is 1. The van der Waals surface area contributed by atoms with E-state index in [1.165, 1.54) is 0 Å². The molecule has 0 saturated heterocycles. The Morgan fingerprint density at radius 2 is 0.906 bits per heavy atom. The minimum Gasteiger partial charge on any atom is -0.327 e. The highest BCUT2D eigenvalue weighted by molar-refractivity contribution is 6.30. The summed E-state index contributed by atoms with van der Waals surface area (Å²) >= 11 is 12.5. The van der Waals surface area contributed by atoms with Gasteiger partial charge in [-0.25, -0.2) is 4.79 Å². The van der Waals surface area contributed by atoms with E-state index in [-0.39, 0.29) is 18.1 Å². The Balaban J connectivity index is 1.63. The quantitative estimate of drug-likeness (QED) is 0.314. The van der Waals surface area contributed by atoms with E-state index in [1.54, 1.807) is 0 Å². The predicted molar refractivity (Wildman–Crippen MR) is 131 cm³/mol. The van der Waals surface area contributed by atoms with Gasteiger partial charge in [-0.05, 0) is 46.5 Å². The van der Waals surface area contributed by atoms with Gasteiger partial charge in [0.25, 0.3) is 0 Å². The van der Waals surface area contributed by atoms with Gasteiger partial charge >= 0.3 is 6.03 Å². The smallest absolute Gasteiger partial charge is 0.316 e. The van der Waals surface area contributed by atoms with Gasteiger partial charge in [0.2, 0.25) is 0 Å². The topological polar surface area (TPSA) is 41.1 Å². The van der Waals surface area contributed by atoms with Gasteiger partial charge < -0.3 is 10.6 Å². The highest BCUT2D eigenvalue weighted by Gasteiger charge is 2.21. The molecule has 5 heteroatoms. The summed E-state index contributed by atoms with van der Waals surface area (Å²) in [7, 11) is 0. The van der Waals surface area contributed by atoms with E-state index in [9.17, 15) is 4.79 Å². The highest BCUT2D eigenvalue weighted by Crippen LogP contribution is 2.27. The summed E-state index contributed by atoms with van der Waals surface area (Å²) in [6.45, 7) is 0. The normalized spacial score (nSPS) is 12.6. The van der Waals surface area contributed by atoms with E-state index in [1.807, 2.05) is 109 Å². The zero-order chi connectivity index (χ0) is 22.3. The maximum Gasteiger partial charge on any atom is 0.316 e. The minimum atomic E-state index is -0.356. The van der Waals surface area contributed by atoms with Gasteiger partial charge in [-0.1, -0.05) is 108 Å². The average molecular weight is 461 g/mol. The van der Waals surface area contributed by atoms with Crippen LogP contribution in [0.4, 0.5) is 4.79 Å². The van der Waals surface area contributed by atoms with Gasteiger partial charge in [0, 0.05) is 10.0 Å². The molecule has 160 valence electrons. The van der Waals surface area contributed by atoms with Gasteiger partial charge in [0.15, 0.2) is 0 Å². The Hall–Kier alpha value is -3.27. The summed E-state index contributed by atoms with van der Waals surface area (Å²) in [6.07, 6.45) is 0. The Morgan fingerprint density at radius 3 is 1.28 bits per heavy atom. The van der Waals surface area contributed by atoms with Crippen molar-refractivity contribution in [3.8, 4) is 0 Å². The molecular weight excluding hydrogens is 439 g/mol. The molecule has 0 spiro atoms. The zero-order valence-electron chi connectivity index (χ0n) is 17.2. The molecule has 2 amide bonds. The lowest BCUT2D eigenvalue weighted by molar-refractivity contribution is 0.236. The molecule has 0 radical (unpaired) electrons. The molecule has 0 fully saturated rings. The molecule has 4 rings (SSSR count). The molecule has 2 atom stereocenters. The third-order valence-corrected chi connectivity index (χ3v) is 5.65. The number of hydrogen-bond donors (Lipinski definition) is 2. The van der Waals surface area contributed by atoms with Gasteiger partial charge in [-0.2, -0.15) is 0 Å². The fourth-order valence-electron chi connectivity index (χ4n) is 3.69. The van der Waals surface area contributed by atoms with Crippen LogP contribution in [0, 0.1) is 0 Å². The maximum atomic E-state index is 13.2. The molecule has 0 aliphatic heterocycles. The summed E-state index contributed by atoms with van der Waals surface area (Å²) in [5.74, 6) is 0. The van der Waals surface area contributed by atoms with Crippen molar-refractivity contribution in [2.45, 2.75) is 12.1 Å². The second kappa shape index (κ2) is 10.4. The molecule has 32 heavy (non-hydrogen) atoms. The van der Waals surface area contributed by atoms with Gasteiger partial charge in [0.1, 0.15) is 0 Å². The fraction of sp³-hybridized carbons (Fsp3) is 0.0741. The molecule has 0 heterocycles. The van der Waals surface area contributed by atoms with Crippen molar-refractivity contribution in [1.82, 2.24) is 10.6 Å². The van der Waals surface area contributed by atoms with Crippen LogP contribution in [-0.2, 0) is 0 Å². The van der Waals surface area contributed by atoms with Crippen LogP contribution in [-0.4, -0.2) is 6.03 Å². The van der Waals surface area contributed by atoms with E-state index in [4.69, 9.17) is 23.2 Å². The molecule has 3 nitrogen and oxygen atoms in total. The van der Waals surface area contributed by atoms with Gasteiger partial charge in [0.05, 0.1) is 12.1 Å². The lowest BCUT2D eigenvalue weighted by Gasteiger charge is -2.24. The second-order valence-corrected chi connectivity index (χ2v) is 8.29. The van der Waals surface area contributed by atoms with Crippen LogP contribution >= 0.6 is 23.2 Å². The van der Waals surface area contributed by atoms with Crippen molar-refractivity contribution in [3.63, 3.8) is 0 Å². The van der Waals surface area contributed by atoms with E-state index < -0.39 is 0 Å². The molecule has 0 bridgehead atoms. The van der Waals surface area contributed by atoms with E-state index in [2.05, 4.69) is 10.6 Å². The molecule has 4 aromatic rings. The Morgan fingerprint density at radius 1 is 0.531 bits per heavy atom. The first-order chi connectivity index (χ1) is 15.6. The molecule has 2 unspecified atom stereocenters. The van der Waals surface area contributed by atoms with Crippen molar-refractivity contribution in [2.24, 2.45) is 0 Å². The van der Waals surface area contributed by atoms with Crippen molar-refractivity contribution in [2.75, 3.05) is 0 Å². The van der Waals surface area contributed by atoms with Crippen LogP contribution in [0.3, 0.4) is 0 Å². The standard InChI is InChI=1S/C27H22Cl2N2O/c28-23-15-7-13-21(17-23)25(19-9-3-1-4-10-19)30-27(32)31-26(20-11-5-2-6-12-20)22-14-8-16-24(29)18-22/h1-18,25-26H,(H2,30,31,32). The second-order valence-electron chi connectivity index (χ2n) is 7.42. The predicted octanol–water partition coefficient (Wildman–Crippen LogP) is 7.17. The summed E-state index contributed by atoms with van der Waals surface area (Å²) in [5.41, 5.74) is 3.73. The van der Waals surface area contributed by atoms with Crippen LogP contribution in [0.25, 0.3) is 0 Å². The Bertz CT molecular complexity index is 1090. The van der Waals surface area contributed by atoms with Crippen molar-refractivity contribution >= 4 is 29.2 Å². The van der Waals surface area contributed by atoms with Crippen LogP contribution in [0.1, 0.15) is 34.3 Å². The minimum absolute atomic E-state index is 0.298. The van der Waals surface area contributed by atoms with E-state index >= 15 is 0 Å². The van der Waals surface area contributed by atoms with Crippen LogP contribution in [0.5, 0.6) is 0 Å². The number of nitrogens with one attached hydrogen (secondary N) is 2. The summed E-state index contributed by atoms with van der Waals surface area (Å²) < 4.78 is 0. The third kappa shape index (κ3) is 5.50. The first kappa shape index (κ1) is 21.9. The number of halogens is 2. The van der Waals surface area contributed by atoms with Crippen molar-refractivity contribution < 1.29 is 4.79 Å². The summed E-state index contributed by atoms with van der Waals surface area (Å²) in [5, 5.41) is 7.47. The highest BCUT2D eigenvalue weighted by atomic mass is 35.5. The summed E-state index contributed by atoms with van der Waals surface area (Å²) in [4.78, 5) is 13.2. The number of hydrogen-bond acceptors (Lipinski definition) is 1. The number of amides is 2. The first-order valence-corrected chi connectivity index (χ1v) is 11.0. The van der Waals surface area contributed by atoms with Gasteiger partial charge in [-0.3, -0.25) is 0 Å². The Kier molecular flexibility index (Phi) is 7.10. The largest absolute Gasteiger partial charge is 0.327 e. The lowest BCUT2D eigenvalue weighted by Crippen LogP contribution is -2.40. The van der Waals surface area contributed by atoms with Crippen LogP contribution < -0.4 is 10.6 Å². The van der Waals surface area contributed by atoms with E-state index in [0.29, 0.717) is 10.0 Å². The third-order valence-electron chi connectivity index (χ3n) is 5.18. The monoisotopic (exact) mass is 460 g/mol. The molecule has 0 aliphatic carbocycles. The molecule has 2 N–H and O–H groups in total. The number of carbonyl (C=O) groups excluding carboxylic acids is 1. The average Bonchev–Trinajstić information content (AvgIpc) is 2.82. The SMILES string of the molecule is O=C(NC(c1ccccc1)c1cccc(Cl)c1)NC(c1ccccc1)c1cccc(Cl)c1. The van der Waals surface area contributed by atoms with Crippen molar-refractivity contribution in [1.29, 1.82) is 0 Å². The fourth-order valence-corrected chi connectivity index (χ4v) is 4.08. The van der Waals surface area contributed by atoms with Crippen molar-refractivity contribution in [3.05, 3.63) is 141 Å². The van der Waals surface area contributed by atoms with E-state index in [0.717, 1.165) is 22.3 Å². The summed E-state index contributed by atoms with van der Waals surface area (Å²) in [6, 6.07) is 33.7. The molecule has 0 aliphatic rings. The van der Waals surface area contributed by atoms with Crippen LogP contribution in [0.2, 0.25) is 10.0 Å². The number of benzene rings is 4. The van der Waals surface area contributed by atoms with Crippen LogP contribution in [0.15, 0.2) is 109 Å². The number of urea groups is 1. The number of rotatable bonds is 6. The molecular formula is C27H22Cl2N2O. The zero-order valence-corrected chi connectivity index (χ0v) is 18.7. The Labute approximate surface area is 198 Å². The maximum absolute atomic E-state index is 13.2.